The quantitative estimate of drug-likeness (QED) is 0.757. The molecule has 0 aromatic carbocycles. The smallest absolute Gasteiger partial charge is 0.323 e. The van der Waals surface area contributed by atoms with Crippen molar-refractivity contribution in [1.29, 1.82) is 0 Å². The van der Waals surface area contributed by atoms with E-state index in [0.29, 0.717) is 15.8 Å². The highest BCUT2D eigenvalue weighted by Gasteiger charge is 2.14. The van der Waals surface area contributed by atoms with Gasteiger partial charge in [-0.25, -0.2) is 4.98 Å². The maximum atomic E-state index is 12.1. The van der Waals surface area contributed by atoms with Crippen molar-refractivity contribution < 1.29 is 9.90 Å². The van der Waals surface area contributed by atoms with E-state index in [-0.39, 0.29) is 12.1 Å². The molecule has 0 saturated heterocycles. The van der Waals surface area contributed by atoms with Gasteiger partial charge in [0.25, 0.3) is 5.56 Å². The topological polar surface area (TPSA) is 101 Å². The molecule has 0 bridgehead atoms. The molecule has 0 spiro atoms. The molecule has 3 rings (SSSR count). The first kappa shape index (κ1) is 14.1. The van der Waals surface area contributed by atoms with Crippen LogP contribution in [0.4, 0.5) is 5.13 Å². The van der Waals surface area contributed by atoms with Crippen LogP contribution in [0.2, 0.25) is 0 Å². The lowest BCUT2D eigenvalue weighted by Gasteiger charge is -2.10. The number of pyridine rings is 1. The number of rotatable bonds is 4. The molecular formula is C13H11N5O3S. The Kier molecular flexibility index (Phi) is 3.55. The lowest BCUT2D eigenvalue weighted by Crippen LogP contribution is -2.25. The molecule has 0 aliphatic rings. The van der Waals surface area contributed by atoms with Crippen LogP contribution in [0.5, 0.6) is 0 Å². The van der Waals surface area contributed by atoms with E-state index in [1.807, 2.05) is 6.07 Å². The Hall–Kier alpha value is -2.81. The van der Waals surface area contributed by atoms with Crippen LogP contribution in [-0.2, 0) is 4.79 Å². The third kappa shape index (κ3) is 2.66. The lowest BCUT2D eigenvalue weighted by molar-refractivity contribution is -0.135. The van der Waals surface area contributed by atoms with Crippen LogP contribution in [0, 0.1) is 0 Å². The normalized spacial score (nSPS) is 10.8. The molecule has 1 N–H and O–H groups in total. The summed E-state index contributed by atoms with van der Waals surface area (Å²) in [6, 6.07) is 4.95. The number of hydrogen-bond acceptors (Lipinski definition) is 7. The second-order valence-electron chi connectivity index (χ2n) is 4.55. The molecule has 0 fully saturated rings. The van der Waals surface area contributed by atoms with E-state index in [2.05, 4.69) is 15.1 Å². The number of carbonyl (C=O) groups is 1. The summed E-state index contributed by atoms with van der Waals surface area (Å²) in [7, 11) is 1.60. The Bertz CT molecular complexity index is 890. The van der Waals surface area contributed by atoms with E-state index >= 15 is 0 Å². The zero-order valence-corrected chi connectivity index (χ0v) is 12.3. The Morgan fingerprint density at radius 3 is 3.00 bits per heavy atom. The van der Waals surface area contributed by atoms with Crippen LogP contribution in [0.3, 0.4) is 0 Å². The van der Waals surface area contributed by atoms with Crippen molar-refractivity contribution >= 4 is 27.4 Å². The summed E-state index contributed by atoms with van der Waals surface area (Å²) >= 11 is 1.15. The predicted octanol–water partition coefficient (Wildman–Crippen LogP) is 0.734. The van der Waals surface area contributed by atoms with Crippen LogP contribution in [0.15, 0.2) is 35.4 Å². The summed E-state index contributed by atoms with van der Waals surface area (Å²) in [5, 5.41) is 13.3. The van der Waals surface area contributed by atoms with Gasteiger partial charge in [0.2, 0.25) is 10.1 Å². The van der Waals surface area contributed by atoms with Gasteiger partial charge in [0.05, 0.1) is 5.69 Å². The van der Waals surface area contributed by atoms with E-state index < -0.39 is 5.97 Å². The highest BCUT2D eigenvalue weighted by molar-refractivity contribution is 7.20. The SMILES string of the molecule is CN(CC(=O)O)c1nn2c(=O)cc(-c3cccnc3)nc2s1. The fraction of sp³-hybridized carbons (Fsp3) is 0.154. The number of carboxylic acid groups (broad SMARTS) is 1. The molecule has 3 aromatic rings. The van der Waals surface area contributed by atoms with E-state index in [4.69, 9.17) is 5.11 Å². The number of hydrogen-bond donors (Lipinski definition) is 1. The van der Waals surface area contributed by atoms with Gasteiger partial charge in [0.15, 0.2) is 0 Å². The molecule has 0 aliphatic carbocycles. The average molecular weight is 317 g/mol. The monoisotopic (exact) mass is 317 g/mol. The summed E-state index contributed by atoms with van der Waals surface area (Å²) in [6.07, 6.45) is 3.26. The maximum Gasteiger partial charge on any atom is 0.323 e. The maximum absolute atomic E-state index is 12.1. The predicted molar refractivity (Wildman–Crippen MR) is 81.3 cm³/mol. The zero-order chi connectivity index (χ0) is 15.7. The standard InChI is InChI=1S/C13H11N5O3S/c1-17(7-11(20)21)13-16-18-10(19)5-9(15-12(18)22-13)8-3-2-4-14-6-8/h2-6H,7H2,1H3,(H,20,21). The Morgan fingerprint density at radius 2 is 2.32 bits per heavy atom. The second-order valence-corrected chi connectivity index (χ2v) is 5.48. The Balaban J connectivity index is 2.07. The van der Waals surface area contributed by atoms with Gasteiger partial charge < -0.3 is 10.0 Å². The minimum Gasteiger partial charge on any atom is -0.480 e. The third-order valence-electron chi connectivity index (χ3n) is 2.89. The minimum atomic E-state index is -0.974. The number of fused-ring (bicyclic) bond motifs is 1. The molecule has 0 radical (unpaired) electrons. The van der Waals surface area contributed by atoms with Crippen molar-refractivity contribution in [2.45, 2.75) is 0 Å². The number of carboxylic acids is 1. The molecule has 22 heavy (non-hydrogen) atoms. The minimum absolute atomic E-state index is 0.204. The van der Waals surface area contributed by atoms with Gasteiger partial charge in [-0.1, -0.05) is 11.3 Å². The van der Waals surface area contributed by atoms with Crippen LogP contribution in [0.25, 0.3) is 16.2 Å². The van der Waals surface area contributed by atoms with Gasteiger partial charge in [0.1, 0.15) is 6.54 Å². The number of nitrogens with zero attached hydrogens (tertiary/aromatic N) is 5. The van der Waals surface area contributed by atoms with Gasteiger partial charge in [-0.05, 0) is 12.1 Å². The van der Waals surface area contributed by atoms with Gasteiger partial charge in [-0.3, -0.25) is 14.6 Å². The summed E-state index contributed by atoms with van der Waals surface area (Å²) in [6.45, 7) is -0.204. The Labute approximate surface area is 128 Å². The lowest BCUT2D eigenvalue weighted by atomic mass is 10.2. The van der Waals surface area contributed by atoms with Crippen molar-refractivity contribution in [2.75, 3.05) is 18.5 Å². The highest BCUT2D eigenvalue weighted by Crippen LogP contribution is 2.22. The van der Waals surface area contributed by atoms with E-state index in [1.54, 1.807) is 25.5 Å². The number of aliphatic carboxylic acids is 1. The van der Waals surface area contributed by atoms with Crippen molar-refractivity contribution in [2.24, 2.45) is 0 Å². The van der Waals surface area contributed by atoms with Crippen molar-refractivity contribution in [3.05, 3.63) is 40.9 Å². The van der Waals surface area contributed by atoms with Gasteiger partial charge in [-0.2, -0.15) is 4.52 Å². The number of likely N-dealkylation sites (N-methyl/N-ethyl adjacent to an activating group) is 1. The Morgan fingerprint density at radius 1 is 1.50 bits per heavy atom. The molecule has 0 amide bonds. The molecular weight excluding hydrogens is 306 g/mol. The molecule has 3 heterocycles. The molecule has 8 nitrogen and oxygen atoms in total. The van der Waals surface area contributed by atoms with Crippen LogP contribution >= 0.6 is 11.3 Å². The number of aromatic nitrogens is 4. The third-order valence-corrected chi connectivity index (χ3v) is 3.91. The van der Waals surface area contributed by atoms with Gasteiger partial charge >= 0.3 is 5.97 Å². The molecule has 0 unspecified atom stereocenters. The van der Waals surface area contributed by atoms with E-state index in [1.165, 1.54) is 11.0 Å². The first-order valence-electron chi connectivity index (χ1n) is 6.29. The summed E-state index contributed by atoms with van der Waals surface area (Å²) < 4.78 is 1.16. The first-order chi connectivity index (χ1) is 10.5. The summed E-state index contributed by atoms with van der Waals surface area (Å²) in [4.78, 5) is 33.1. The molecule has 112 valence electrons. The molecule has 0 saturated carbocycles. The van der Waals surface area contributed by atoms with Crippen LogP contribution in [-0.4, -0.2) is 44.3 Å². The van der Waals surface area contributed by atoms with Crippen LogP contribution < -0.4 is 10.5 Å². The molecule has 0 aliphatic heterocycles. The first-order valence-corrected chi connectivity index (χ1v) is 7.10. The summed E-state index contributed by atoms with van der Waals surface area (Å²) in [5.41, 5.74) is 0.917. The van der Waals surface area contributed by atoms with E-state index in [0.717, 1.165) is 21.4 Å². The van der Waals surface area contributed by atoms with Crippen molar-refractivity contribution in [1.82, 2.24) is 19.6 Å². The fourth-order valence-electron chi connectivity index (χ4n) is 1.89. The zero-order valence-electron chi connectivity index (χ0n) is 11.5. The summed E-state index contributed by atoms with van der Waals surface area (Å²) in [5.74, 6) is -0.974. The molecule has 9 heteroatoms. The second kappa shape index (κ2) is 5.53. The fourth-order valence-corrected chi connectivity index (χ4v) is 2.76. The van der Waals surface area contributed by atoms with E-state index in [9.17, 15) is 9.59 Å². The van der Waals surface area contributed by atoms with Crippen LogP contribution in [0.1, 0.15) is 0 Å². The van der Waals surface area contributed by atoms with Gasteiger partial charge in [-0.15, -0.1) is 5.10 Å². The number of anilines is 1. The molecule has 0 atom stereocenters. The average Bonchev–Trinajstić information content (AvgIpc) is 2.92. The van der Waals surface area contributed by atoms with Crippen molar-refractivity contribution in [3.63, 3.8) is 0 Å². The van der Waals surface area contributed by atoms with Gasteiger partial charge in [0, 0.05) is 31.1 Å². The van der Waals surface area contributed by atoms with Crippen molar-refractivity contribution in [3.8, 4) is 11.3 Å². The molecule has 3 aromatic heterocycles. The largest absolute Gasteiger partial charge is 0.480 e. The highest BCUT2D eigenvalue weighted by atomic mass is 32.1.